The van der Waals surface area contributed by atoms with Crippen molar-refractivity contribution in [3.63, 3.8) is 0 Å². The predicted octanol–water partition coefficient (Wildman–Crippen LogP) is 0.991. The largest absolute Gasteiger partial charge is 0.333 e. The second-order valence-electron chi connectivity index (χ2n) is 8.71. The number of carbonyl (C=O) groups excluding carboxylic acids is 2. The zero-order valence-electron chi connectivity index (χ0n) is 17.0. The Kier molecular flexibility index (Phi) is 5.14. The van der Waals surface area contributed by atoms with Gasteiger partial charge in [0.05, 0.1) is 35.5 Å². The van der Waals surface area contributed by atoms with Gasteiger partial charge in [-0.2, -0.15) is 0 Å². The Labute approximate surface area is 171 Å². The fourth-order valence-electron chi connectivity index (χ4n) is 4.63. The van der Waals surface area contributed by atoms with E-state index >= 15 is 0 Å². The van der Waals surface area contributed by atoms with E-state index in [-0.39, 0.29) is 11.8 Å². The molecule has 3 atom stereocenters. The number of aromatic nitrogens is 1. The van der Waals surface area contributed by atoms with Crippen LogP contribution in [0.1, 0.15) is 49.2 Å². The van der Waals surface area contributed by atoms with Crippen LogP contribution in [0.5, 0.6) is 0 Å². The first kappa shape index (κ1) is 20.3. The fourth-order valence-corrected chi connectivity index (χ4v) is 5.80. The molecule has 2 amide bonds. The van der Waals surface area contributed by atoms with Crippen LogP contribution in [0.2, 0.25) is 0 Å². The second-order valence-corrected chi connectivity index (χ2v) is 10.6. The number of sulfonamides is 1. The van der Waals surface area contributed by atoms with Crippen molar-refractivity contribution in [1.29, 1.82) is 0 Å². The Morgan fingerprint density at radius 3 is 2.55 bits per heavy atom. The molecule has 3 fully saturated rings. The van der Waals surface area contributed by atoms with Crippen LogP contribution >= 0.6 is 0 Å². The SMILES string of the molecule is CC(C)C1C(=O)N(S(C)(=O)=O)C2CCN(C(=O)c3ccc(CNC4CC4)nc3)C12. The predicted molar refractivity (Wildman–Crippen MR) is 107 cm³/mol. The average molecular weight is 421 g/mol. The summed E-state index contributed by atoms with van der Waals surface area (Å²) in [6.07, 6.45) is 5.51. The first-order valence-corrected chi connectivity index (χ1v) is 12.1. The van der Waals surface area contributed by atoms with Gasteiger partial charge in [-0.15, -0.1) is 0 Å². The van der Waals surface area contributed by atoms with Crippen molar-refractivity contribution in [2.24, 2.45) is 11.8 Å². The molecular formula is C20H28N4O4S. The molecular weight excluding hydrogens is 392 g/mol. The molecule has 0 radical (unpaired) electrons. The van der Waals surface area contributed by atoms with Gasteiger partial charge in [0.15, 0.2) is 0 Å². The highest BCUT2D eigenvalue weighted by atomic mass is 32.2. The quantitative estimate of drug-likeness (QED) is 0.737. The van der Waals surface area contributed by atoms with Crippen LogP contribution in [0, 0.1) is 11.8 Å². The van der Waals surface area contributed by atoms with Gasteiger partial charge in [-0.05, 0) is 37.3 Å². The molecule has 3 unspecified atom stereocenters. The van der Waals surface area contributed by atoms with Crippen LogP contribution in [0.25, 0.3) is 0 Å². The Hall–Kier alpha value is -2.00. The van der Waals surface area contributed by atoms with Crippen LogP contribution in [0.3, 0.4) is 0 Å². The van der Waals surface area contributed by atoms with Crippen molar-refractivity contribution in [3.8, 4) is 0 Å². The summed E-state index contributed by atoms with van der Waals surface area (Å²) in [5.74, 6) is -1.17. The van der Waals surface area contributed by atoms with Gasteiger partial charge in [0.1, 0.15) is 0 Å². The molecule has 1 aromatic rings. The lowest BCUT2D eigenvalue weighted by Crippen LogP contribution is -2.44. The van der Waals surface area contributed by atoms with Gasteiger partial charge in [0, 0.05) is 25.3 Å². The number of amides is 2. The number of carbonyl (C=O) groups is 2. The second kappa shape index (κ2) is 7.36. The van der Waals surface area contributed by atoms with Crippen molar-refractivity contribution in [2.75, 3.05) is 12.8 Å². The van der Waals surface area contributed by atoms with Crippen molar-refractivity contribution >= 4 is 21.8 Å². The summed E-state index contributed by atoms with van der Waals surface area (Å²) in [5, 5.41) is 3.39. The number of fused-ring (bicyclic) bond motifs is 1. The van der Waals surface area contributed by atoms with Crippen LogP contribution in [-0.4, -0.2) is 65.3 Å². The Morgan fingerprint density at radius 2 is 2.00 bits per heavy atom. The third-order valence-electron chi connectivity index (χ3n) is 6.15. The molecule has 29 heavy (non-hydrogen) atoms. The van der Waals surface area contributed by atoms with Crippen LogP contribution in [-0.2, 0) is 21.4 Å². The van der Waals surface area contributed by atoms with Crippen LogP contribution in [0.4, 0.5) is 0 Å². The van der Waals surface area contributed by atoms with E-state index in [1.807, 2.05) is 19.9 Å². The van der Waals surface area contributed by atoms with E-state index in [1.165, 1.54) is 12.8 Å². The van der Waals surface area contributed by atoms with E-state index in [9.17, 15) is 18.0 Å². The maximum Gasteiger partial charge on any atom is 0.255 e. The number of pyridine rings is 1. The molecule has 158 valence electrons. The molecule has 1 N–H and O–H groups in total. The van der Waals surface area contributed by atoms with E-state index in [1.54, 1.807) is 17.2 Å². The molecule has 8 nitrogen and oxygen atoms in total. The highest BCUT2D eigenvalue weighted by Crippen LogP contribution is 2.41. The lowest BCUT2D eigenvalue weighted by atomic mass is 9.88. The lowest BCUT2D eigenvalue weighted by Gasteiger charge is -2.29. The van der Waals surface area contributed by atoms with E-state index in [4.69, 9.17) is 0 Å². The van der Waals surface area contributed by atoms with E-state index in [0.717, 1.165) is 16.3 Å². The lowest BCUT2D eigenvalue weighted by molar-refractivity contribution is -0.129. The summed E-state index contributed by atoms with van der Waals surface area (Å²) in [6, 6.07) is 3.29. The van der Waals surface area contributed by atoms with Gasteiger partial charge < -0.3 is 10.2 Å². The standard InChI is InChI=1S/C20H28N4O4S/c1-12(2)17-18-16(24(20(17)26)29(3,27)28)8-9-23(18)19(25)13-4-5-15(21-10-13)11-22-14-6-7-14/h4-5,10,12,14,16-18,22H,6-9,11H2,1-3H3. The Morgan fingerprint density at radius 1 is 1.28 bits per heavy atom. The molecule has 4 rings (SSSR count). The third kappa shape index (κ3) is 3.77. The number of hydrogen-bond acceptors (Lipinski definition) is 6. The third-order valence-corrected chi connectivity index (χ3v) is 7.31. The topological polar surface area (TPSA) is 99.7 Å². The highest BCUT2D eigenvalue weighted by molar-refractivity contribution is 7.88. The van der Waals surface area contributed by atoms with Crippen molar-refractivity contribution in [3.05, 3.63) is 29.6 Å². The Bertz CT molecular complexity index is 911. The first-order chi connectivity index (χ1) is 13.7. The summed E-state index contributed by atoms with van der Waals surface area (Å²) in [4.78, 5) is 32.2. The maximum atomic E-state index is 13.2. The molecule has 1 saturated carbocycles. The molecule has 9 heteroatoms. The summed E-state index contributed by atoms with van der Waals surface area (Å²) in [7, 11) is -3.67. The van der Waals surface area contributed by atoms with Gasteiger partial charge in [0.2, 0.25) is 15.9 Å². The number of nitrogens with zero attached hydrogens (tertiary/aromatic N) is 3. The summed E-state index contributed by atoms with van der Waals surface area (Å²) in [6.45, 7) is 4.91. The van der Waals surface area contributed by atoms with Crippen molar-refractivity contribution in [2.45, 2.75) is 57.8 Å². The zero-order valence-corrected chi connectivity index (χ0v) is 17.9. The minimum absolute atomic E-state index is 0.0656. The maximum absolute atomic E-state index is 13.2. The highest BCUT2D eigenvalue weighted by Gasteiger charge is 2.58. The van der Waals surface area contributed by atoms with E-state index in [0.29, 0.717) is 31.1 Å². The summed E-state index contributed by atoms with van der Waals surface area (Å²) < 4.78 is 25.5. The van der Waals surface area contributed by atoms with Crippen molar-refractivity contribution < 1.29 is 18.0 Å². The van der Waals surface area contributed by atoms with Crippen LogP contribution in [0.15, 0.2) is 18.3 Å². The number of nitrogens with one attached hydrogen (secondary N) is 1. The molecule has 2 saturated heterocycles. The first-order valence-electron chi connectivity index (χ1n) is 10.2. The summed E-state index contributed by atoms with van der Waals surface area (Å²) in [5.41, 5.74) is 1.35. The average Bonchev–Trinajstić information content (AvgIpc) is 3.31. The van der Waals surface area contributed by atoms with Crippen LogP contribution < -0.4 is 5.32 Å². The zero-order chi connectivity index (χ0) is 20.9. The number of hydrogen-bond donors (Lipinski definition) is 1. The molecule has 3 aliphatic rings. The number of likely N-dealkylation sites (tertiary alicyclic amines) is 1. The number of rotatable bonds is 6. The fraction of sp³-hybridized carbons (Fsp3) is 0.650. The normalized spacial score (nSPS) is 27.0. The summed E-state index contributed by atoms with van der Waals surface area (Å²) >= 11 is 0. The molecule has 2 aliphatic heterocycles. The smallest absolute Gasteiger partial charge is 0.255 e. The minimum atomic E-state index is -3.67. The van der Waals surface area contributed by atoms with Gasteiger partial charge in [-0.3, -0.25) is 14.6 Å². The molecule has 1 aliphatic carbocycles. The molecule has 0 spiro atoms. The molecule has 0 aromatic carbocycles. The molecule has 3 heterocycles. The monoisotopic (exact) mass is 420 g/mol. The van der Waals surface area contributed by atoms with E-state index < -0.39 is 33.9 Å². The van der Waals surface area contributed by atoms with Gasteiger partial charge in [-0.1, -0.05) is 13.8 Å². The van der Waals surface area contributed by atoms with Gasteiger partial charge >= 0.3 is 0 Å². The Balaban J connectivity index is 1.55. The molecule has 1 aromatic heterocycles. The minimum Gasteiger partial charge on any atom is -0.333 e. The molecule has 0 bridgehead atoms. The van der Waals surface area contributed by atoms with E-state index in [2.05, 4.69) is 10.3 Å². The van der Waals surface area contributed by atoms with Crippen molar-refractivity contribution in [1.82, 2.24) is 19.5 Å². The van der Waals surface area contributed by atoms with Gasteiger partial charge in [-0.25, -0.2) is 12.7 Å². The van der Waals surface area contributed by atoms with Gasteiger partial charge in [0.25, 0.3) is 5.91 Å².